The monoisotopic (exact) mass is 746 g/mol. The Balaban J connectivity index is 1.36. The highest BCUT2D eigenvalue weighted by molar-refractivity contribution is 6.03. The largest absolute Gasteiger partial charge is 0.494 e. The Morgan fingerprint density at radius 1 is 0.981 bits per heavy atom. The number of likely N-dealkylation sites (N-methyl/N-ethyl adjacent to an activating group) is 1. The van der Waals surface area contributed by atoms with Crippen molar-refractivity contribution in [2.45, 2.75) is 85.0 Å². The first kappa shape index (κ1) is 40.0. The number of ether oxygens (including phenoxy) is 3. The number of anilines is 4. The molecule has 292 valence electrons. The number of hydrogen-bond acceptors (Lipinski definition) is 11. The molecule has 3 aromatic rings. The van der Waals surface area contributed by atoms with Gasteiger partial charge in [-0.25, -0.2) is 14.8 Å². The number of benzene rings is 2. The highest BCUT2D eigenvalue weighted by Crippen LogP contribution is 2.36. The van der Waals surface area contributed by atoms with Crippen molar-refractivity contribution in [3.05, 3.63) is 42.7 Å². The van der Waals surface area contributed by atoms with Gasteiger partial charge in [0, 0.05) is 38.1 Å². The molecule has 0 bridgehead atoms. The fourth-order valence-electron chi connectivity index (χ4n) is 6.50. The molecule has 0 radical (unpaired) electrons. The fourth-order valence-corrected chi connectivity index (χ4v) is 6.50. The zero-order chi connectivity index (χ0) is 39.4. The quantitative estimate of drug-likeness (QED) is 0.257. The number of nitrogens with one attached hydrogen (secondary N) is 3. The number of morpholine rings is 1. The van der Waals surface area contributed by atoms with Gasteiger partial charge in [-0.3, -0.25) is 19.3 Å². The van der Waals surface area contributed by atoms with Gasteiger partial charge in [0.2, 0.25) is 17.7 Å². The maximum absolute atomic E-state index is 14.2. The van der Waals surface area contributed by atoms with Crippen LogP contribution in [-0.2, 0) is 23.9 Å². The molecule has 5 rings (SSSR count). The normalized spacial score (nSPS) is 17.4. The Hall–Kier alpha value is -5.18. The molecule has 0 spiro atoms. The van der Waals surface area contributed by atoms with Crippen LogP contribution in [0.15, 0.2) is 42.7 Å². The summed E-state index contributed by atoms with van der Waals surface area (Å²) in [5.41, 5.74) is 1.44. The zero-order valence-electron chi connectivity index (χ0n) is 32.8. The van der Waals surface area contributed by atoms with Gasteiger partial charge in [-0.1, -0.05) is 32.9 Å². The van der Waals surface area contributed by atoms with Crippen molar-refractivity contribution in [3.8, 4) is 5.75 Å². The highest BCUT2D eigenvalue weighted by atomic mass is 16.6. The van der Waals surface area contributed by atoms with E-state index in [1.54, 1.807) is 39.8 Å². The predicted molar refractivity (Wildman–Crippen MR) is 207 cm³/mol. The number of carbonyl (C=O) groups excluding carboxylic acids is 4. The minimum Gasteiger partial charge on any atom is -0.494 e. The van der Waals surface area contributed by atoms with Crippen molar-refractivity contribution in [2.75, 3.05) is 62.5 Å². The van der Waals surface area contributed by atoms with E-state index in [1.807, 2.05) is 39.0 Å². The molecule has 2 fully saturated rings. The van der Waals surface area contributed by atoms with Crippen LogP contribution in [0.25, 0.3) is 10.9 Å². The van der Waals surface area contributed by atoms with E-state index in [0.717, 1.165) is 24.5 Å². The second kappa shape index (κ2) is 16.5. The molecule has 0 unspecified atom stereocenters. The molecule has 15 heteroatoms. The highest BCUT2D eigenvalue weighted by Gasteiger charge is 2.43. The lowest BCUT2D eigenvalue weighted by Crippen LogP contribution is -2.59. The van der Waals surface area contributed by atoms with E-state index < -0.39 is 41.1 Å². The molecule has 54 heavy (non-hydrogen) atoms. The van der Waals surface area contributed by atoms with Gasteiger partial charge in [0.25, 0.3) is 0 Å². The lowest BCUT2D eigenvalue weighted by Gasteiger charge is -2.36. The maximum Gasteiger partial charge on any atom is 0.410 e. The molecule has 3 N–H and O–H groups in total. The van der Waals surface area contributed by atoms with Gasteiger partial charge in [-0.15, -0.1) is 0 Å². The predicted octanol–water partition coefficient (Wildman–Crippen LogP) is 4.93. The molecule has 3 atom stereocenters. The van der Waals surface area contributed by atoms with Gasteiger partial charge in [-0.2, -0.15) is 0 Å². The molecule has 3 heterocycles. The Bertz CT molecular complexity index is 1850. The molecule has 2 saturated heterocycles. The Morgan fingerprint density at radius 2 is 1.69 bits per heavy atom. The van der Waals surface area contributed by atoms with Gasteiger partial charge in [0.15, 0.2) is 0 Å². The summed E-state index contributed by atoms with van der Waals surface area (Å²) in [7, 11) is 2.99. The van der Waals surface area contributed by atoms with E-state index in [2.05, 4.69) is 36.9 Å². The Kier molecular flexibility index (Phi) is 12.2. The van der Waals surface area contributed by atoms with E-state index >= 15 is 0 Å². The molecule has 0 saturated carbocycles. The van der Waals surface area contributed by atoms with Gasteiger partial charge < -0.3 is 40.0 Å². The van der Waals surface area contributed by atoms with Crippen molar-refractivity contribution in [2.24, 2.45) is 5.41 Å². The summed E-state index contributed by atoms with van der Waals surface area (Å²) < 4.78 is 16.7. The molecule has 4 amide bonds. The van der Waals surface area contributed by atoms with Crippen molar-refractivity contribution < 1.29 is 33.4 Å². The first-order valence-corrected chi connectivity index (χ1v) is 18.4. The number of carbonyl (C=O) groups is 4. The second-order valence-corrected chi connectivity index (χ2v) is 15.8. The van der Waals surface area contributed by atoms with Crippen LogP contribution in [0.3, 0.4) is 0 Å². The summed E-state index contributed by atoms with van der Waals surface area (Å²) in [6, 6.07) is 8.80. The van der Waals surface area contributed by atoms with Crippen LogP contribution in [0, 0.1) is 5.41 Å². The molecule has 2 aliphatic rings. The van der Waals surface area contributed by atoms with E-state index in [0.29, 0.717) is 60.8 Å². The van der Waals surface area contributed by atoms with E-state index in [1.165, 1.54) is 30.3 Å². The third-order valence-electron chi connectivity index (χ3n) is 9.60. The molecule has 2 aliphatic heterocycles. The number of methoxy groups -OCH3 is 1. The summed E-state index contributed by atoms with van der Waals surface area (Å²) in [6.07, 6.45) is 1.86. The minimum atomic E-state index is -0.978. The van der Waals surface area contributed by atoms with Crippen molar-refractivity contribution in [1.29, 1.82) is 0 Å². The number of para-hydroxylation sites is 2. The number of rotatable bonds is 10. The van der Waals surface area contributed by atoms with Gasteiger partial charge in [0.1, 0.15) is 41.6 Å². The van der Waals surface area contributed by atoms with Crippen molar-refractivity contribution in [3.63, 3.8) is 0 Å². The summed E-state index contributed by atoms with van der Waals surface area (Å²) in [4.78, 5) is 68.4. The lowest BCUT2D eigenvalue weighted by atomic mass is 9.85. The lowest BCUT2D eigenvalue weighted by molar-refractivity contribution is -0.143. The van der Waals surface area contributed by atoms with Crippen molar-refractivity contribution >= 4 is 57.6 Å². The molecule has 2 aromatic carbocycles. The molecular weight excluding hydrogens is 692 g/mol. The first-order valence-electron chi connectivity index (χ1n) is 18.4. The summed E-state index contributed by atoms with van der Waals surface area (Å²) >= 11 is 0. The smallest absolute Gasteiger partial charge is 0.410 e. The average molecular weight is 747 g/mol. The number of nitrogens with zero attached hydrogens (tertiary/aromatic N) is 5. The Labute approximate surface area is 317 Å². The van der Waals surface area contributed by atoms with Crippen LogP contribution in [0.5, 0.6) is 5.75 Å². The summed E-state index contributed by atoms with van der Waals surface area (Å²) in [5.74, 6) is -0.346. The number of aromatic nitrogens is 2. The standard InChI is InChI=1S/C39H54N8O7/c1-24(45(8)37(51)54-39(5,6)7)34(48)44-32(38(2,3)4)36(50)47-16-12-15-30(47)35(49)43-28-21-25-27(22-31(28)52-9)40-23-41-33(25)42-26-13-10-11-14-29(26)46-17-19-53-20-18-46/h10-11,13-14,21-24,30,32H,12,15-20H2,1-9H3,(H,43,49)(H,44,48)(H,40,41,42)/t24-,30-,32+/m0/s1. The van der Waals surface area contributed by atoms with E-state index in [9.17, 15) is 19.2 Å². The number of fused-ring (bicyclic) bond motifs is 1. The van der Waals surface area contributed by atoms with Crippen LogP contribution in [0.2, 0.25) is 0 Å². The first-order chi connectivity index (χ1) is 25.5. The molecule has 0 aliphatic carbocycles. The van der Waals surface area contributed by atoms with Gasteiger partial charge in [-0.05, 0) is 64.2 Å². The average Bonchev–Trinajstić information content (AvgIpc) is 3.63. The van der Waals surface area contributed by atoms with Crippen LogP contribution in [0.1, 0.15) is 61.3 Å². The van der Waals surface area contributed by atoms with Gasteiger partial charge >= 0.3 is 6.09 Å². The number of hydrogen-bond donors (Lipinski definition) is 3. The summed E-state index contributed by atoms with van der Waals surface area (Å²) in [5, 5.41) is 10.0. The molecule has 1 aromatic heterocycles. The summed E-state index contributed by atoms with van der Waals surface area (Å²) in [6.45, 7) is 15.5. The topological polar surface area (TPSA) is 168 Å². The molecule has 15 nitrogen and oxygen atoms in total. The molecular formula is C39H54N8O7. The Morgan fingerprint density at radius 3 is 2.35 bits per heavy atom. The van der Waals surface area contributed by atoms with E-state index in [4.69, 9.17) is 14.2 Å². The third-order valence-corrected chi connectivity index (χ3v) is 9.60. The number of amides is 4. The third kappa shape index (κ3) is 9.30. The van der Waals surface area contributed by atoms with Crippen LogP contribution in [-0.4, -0.2) is 114 Å². The fraction of sp³-hybridized carbons (Fsp3) is 0.538. The maximum atomic E-state index is 14.2. The second-order valence-electron chi connectivity index (χ2n) is 15.8. The zero-order valence-corrected chi connectivity index (χ0v) is 32.8. The van der Waals surface area contributed by atoms with Crippen molar-refractivity contribution in [1.82, 2.24) is 25.1 Å². The van der Waals surface area contributed by atoms with Crippen LogP contribution < -0.4 is 25.6 Å². The SMILES string of the molecule is COc1cc2ncnc(Nc3ccccc3N3CCOCC3)c2cc1NC(=O)[C@@H]1CCCN1C(=O)[C@@H](NC(=O)[C@H](C)N(C)C(=O)OC(C)(C)C)C(C)(C)C. The van der Waals surface area contributed by atoms with Gasteiger partial charge in [0.05, 0.1) is 42.9 Å². The van der Waals surface area contributed by atoms with Crippen LogP contribution >= 0.6 is 0 Å². The van der Waals surface area contributed by atoms with Crippen LogP contribution in [0.4, 0.5) is 27.7 Å². The number of likely N-dealkylation sites (tertiary alicyclic amines) is 1. The minimum absolute atomic E-state index is 0.339. The van der Waals surface area contributed by atoms with E-state index in [-0.39, 0.29) is 11.8 Å².